The van der Waals surface area contributed by atoms with Gasteiger partial charge in [0, 0.05) is 31.4 Å². The van der Waals surface area contributed by atoms with Gasteiger partial charge in [-0.05, 0) is 24.6 Å². The van der Waals surface area contributed by atoms with Gasteiger partial charge in [0.15, 0.2) is 0 Å². The van der Waals surface area contributed by atoms with Crippen LogP contribution in [0.25, 0.3) is 11.4 Å². The highest BCUT2D eigenvalue weighted by molar-refractivity contribution is 5.92. The fourth-order valence-corrected chi connectivity index (χ4v) is 2.72. The second-order valence-electron chi connectivity index (χ2n) is 6.53. The van der Waals surface area contributed by atoms with Gasteiger partial charge in [-0.3, -0.25) is 9.59 Å². The Balaban J connectivity index is 1.79. The number of benzene rings is 2. The highest BCUT2D eigenvalue weighted by Crippen LogP contribution is 2.18. The number of rotatable bonds is 5. The van der Waals surface area contributed by atoms with E-state index >= 15 is 0 Å². The molecule has 1 heterocycles. The first-order valence-corrected chi connectivity index (χ1v) is 8.69. The summed E-state index contributed by atoms with van der Waals surface area (Å²) < 4.78 is 0. The molecule has 1 unspecified atom stereocenters. The Bertz CT molecular complexity index is 979. The summed E-state index contributed by atoms with van der Waals surface area (Å²) in [6, 6.07) is 18.2. The number of hydrogen-bond acceptors (Lipinski definition) is 4. The Kier molecular flexibility index (Phi) is 5.35. The standard InChI is InChI=1S/C21H22N4O2/c1-14(15-9-11-17(12-10-15)25(2)3)22-21(27)18-13-19(26)24-20(23-18)16-7-5-4-6-8-16/h4-14H,1-3H3,(H,22,27)(H,23,24,26). The Morgan fingerprint density at radius 1 is 1.07 bits per heavy atom. The monoisotopic (exact) mass is 362 g/mol. The summed E-state index contributed by atoms with van der Waals surface area (Å²) in [7, 11) is 3.95. The minimum Gasteiger partial charge on any atom is -0.378 e. The van der Waals surface area contributed by atoms with E-state index in [-0.39, 0.29) is 23.2 Å². The largest absolute Gasteiger partial charge is 0.378 e. The molecule has 138 valence electrons. The third-order valence-corrected chi connectivity index (χ3v) is 4.28. The summed E-state index contributed by atoms with van der Waals surface area (Å²) in [5.74, 6) is -0.0151. The molecule has 0 aliphatic carbocycles. The molecule has 1 atom stereocenters. The van der Waals surface area contributed by atoms with Gasteiger partial charge in [-0.2, -0.15) is 0 Å². The van der Waals surface area contributed by atoms with Crippen molar-refractivity contribution in [3.05, 3.63) is 82.3 Å². The van der Waals surface area contributed by atoms with Crippen LogP contribution < -0.4 is 15.8 Å². The molecule has 27 heavy (non-hydrogen) atoms. The van der Waals surface area contributed by atoms with Gasteiger partial charge in [0.05, 0.1) is 6.04 Å². The summed E-state index contributed by atoms with van der Waals surface area (Å²) in [5, 5.41) is 2.90. The predicted molar refractivity (Wildman–Crippen MR) is 107 cm³/mol. The first-order chi connectivity index (χ1) is 12.9. The first kappa shape index (κ1) is 18.4. The van der Waals surface area contributed by atoms with E-state index in [0.29, 0.717) is 5.82 Å². The molecule has 6 heteroatoms. The Morgan fingerprint density at radius 2 is 1.74 bits per heavy atom. The van der Waals surface area contributed by atoms with Crippen LogP contribution in [0.3, 0.4) is 0 Å². The van der Waals surface area contributed by atoms with Gasteiger partial charge in [-0.1, -0.05) is 42.5 Å². The smallest absolute Gasteiger partial charge is 0.270 e. The van der Waals surface area contributed by atoms with Crippen molar-refractivity contribution >= 4 is 11.6 Å². The quantitative estimate of drug-likeness (QED) is 0.731. The third kappa shape index (κ3) is 4.41. The molecule has 3 rings (SSSR count). The molecule has 0 radical (unpaired) electrons. The maximum absolute atomic E-state index is 12.6. The van der Waals surface area contributed by atoms with Gasteiger partial charge in [-0.25, -0.2) is 4.98 Å². The zero-order valence-electron chi connectivity index (χ0n) is 15.6. The first-order valence-electron chi connectivity index (χ1n) is 8.69. The van der Waals surface area contributed by atoms with E-state index < -0.39 is 0 Å². The molecule has 0 saturated carbocycles. The SMILES string of the molecule is CC(NC(=O)c1cc(=O)[nH]c(-c2ccccc2)n1)c1ccc(N(C)C)cc1. The maximum Gasteiger partial charge on any atom is 0.270 e. The molecular weight excluding hydrogens is 340 g/mol. The van der Waals surface area contributed by atoms with Crippen LogP contribution in [0.15, 0.2) is 65.5 Å². The summed E-state index contributed by atoms with van der Waals surface area (Å²) in [4.78, 5) is 33.6. The summed E-state index contributed by atoms with van der Waals surface area (Å²) in [6.07, 6.45) is 0. The molecule has 6 nitrogen and oxygen atoms in total. The van der Waals surface area contributed by atoms with Crippen molar-refractivity contribution in [3.63, 3.8) is 0 Å². The molecule has 0 aliphatic heterocycles. The Morgan fingerprint density at radius 3 is 2.37 bits per heavy atom. The summed E-state index contributed by atoms with van der Waals surface area (Å²) >= 11 is 0. The van der Waals surface area contributed by atoms with Crippen molar-refractivity contribution in [1.82, 2.24) is 15.3 Å². The van der Waals surface area contributed by atoms with Gasteiger partial charge in [0.2, 0.25) is 0 Å². The van der Waals surface area contributed by atoms with Gasteiger partial charge in [-0.15, -0.1) is 0 Å². The van der Waals surface area contributed by atoms with Crippen LogP contribution in [0.2, 0.25) is 0 Å². The van der Waals surface area contributed by atoms with E-state index in [0.717, 1.165) is 16.8 Å². The van der Waals surface area contributed by atoms with Crippen molar-refractivity contribution in [1.29, 1.82) is 0 Å². The molecule has 2 aromatic carbocycles. The van der Waals surface area contributed by atoms with Crippen LogP contribution in [0.5, 0.6) is 0 Å². The van der Waals surface area contributed by atoms with E-state index in [1.807, 2.05) is 80.5 Å². The van der Waals surface area contributed by atoms with E-state index in [1.54, 1.807) is 0 Å². The molecule has 0 saturated heterocycles. The second kappa shape index (κ2) is 7.86. The molecule has 0 spiro atoms. The number of anilines is 1. The molecule has 3 aromatic rings. The molecule has 0 aliphatic rings. The lowest BCUT2D eigenvalue weighted by molar-refractivity contribution is 0.0934. The highest BCUT2D eigenvalue weighted by Gasteiger charge is 2.15. The second-order valence-corrected chi connectivity index (χ2v) is 6.53. The predicted octanol–water partition coefficient (Wildman–Crippen LogP) is 2.99. The van der Waals surface area contributed by atoms with Gasteiger partial charge in [0.1, 0.15) is 11.5 Å². The number of carbonyl (C=O) groups excluding carboxylic acids is 1. The molecule has 0 bridgehead atoms. The summed E-state index contributed by atoms with van der Waals surface area (Å²) in [6.45, 7) is 1.90. The van der Waals surface area contributed by atoms with E-state index in [2.05, 4.69) is 15.3 Å². The normalized spacial score (nSPS) is 11.7. The lowest BCUT2D eigenvalue weighted by Gasteiger charge is -2.17. The average molecular weight is 362 g/mol. The van der Waals surface area contributed by atoms with Crippen molar-refractivity contribution in [2.45, 2.75) is 13.0 Å². The van der Waals surface area contributed by atoms with Crippen LogP contribution in [0, 0.1) is 0 Å². The number of nitrogens with one attached hydrogen (secondary N) is 2. The fourth-order valence-electron chi connectivity index (χ4n) is 2.72. The van der Waals surface area contributed by atoms with E-state index in [1.165, 1.54) is 6.07 Å². The zero-order chi connectivity index (χ0) is 19.4. The highest BCUT2D eigenvalue weighted by atomic mass is 16.2. The number of H-pyrrole nitrogens is 1. The third-order valence-electron chi connectivity index (χ3n) is 4.28. The van der Waals surface area contributed by atoms with Crippen molar-refractivity contribution in [2.75, 3.05) is 19.0 Å². The van der Waals surface area contributed by atoms with E-state index in [4.69, 9.17) is 0 Å². The summed E-state index contributed by atoms with van der Waals surface area (Å²) in [5.41, 5.74) is 2.53. The Labute approximate surface area is 157 Å². The van der Waals surface area contributed by atoms with Crippen LogP contribution in [0.1, 0.15) is 29.0 Å². The number of nitrogens with zero attached hydrogens (tertiary/aromatic N) is 2. The van der Waals surface area contributed by atoms with Crippen molar-refractivity contribution in [3.8, 4) is 11.4 Å². The van der Waals surface area contributed by atoms with E-state index in [9.17, 15) is 9.59 Å². The number of aromatic amines is 1. The van der Waals surface area contributed by atoms with Crippen LogP contribution in [0.4, 0.5) is 5.69 Å². The minimum absolute atomic E-state index is 0.0920. The maximum atomic E-state index is 12.6. The minimum atomic E-state index is -0.387. The number of hydrogen-bond donors (Lipinski definition) is 2. The van der Waals surface area contributed by atoms with Crippen LogP contribution in [-0.4, -0.2) is 30.0 Å². The van der Waals surface area contributed by atoms with Gasteiger partial charge >= 0.3 is 0 Å². The molecular formula is C21H22N4O2. The number of amides is 1. The number of aromatic nitrogens is 2. The van der Waals surface area contributed by atoms with Crippen LogP contribution in [-0.2, 0) is 0 Å². The van der Waals surface area contributed by atoms with Crippen molar-refractivity contribution in [2.24, 2.45) is 0 Å². The zero-order valence-corrected chi connectivity index (χ0v) is 15.6. The topological polar surface area (TPSA) is 78.1 Å². The fraction of sp³-hybridized carbons (Fsp3) is 0.190. The molecule has 0 fully saturated rings. The molecule has 1 amide bonds. The van der Waals surface area contributed by atoms with Crippen LogP contribution >= 0.6 is 0 Å². The number of carbonyl (C=O) groups is 1. The van der Waals surface area contributed by atoms with Crippen molar-refractivity contribution < 1.29 is 4.79 Å². The lowest BCUT2D eigenvalue weighted by atomic mass is 10.1. The molecule has 2 N–H and O–H groups in total. The average Bonchev–Trinajstić information content (AvgIpc) is 2.68. The van der Waals surface area contributed by atoms with Gasteiger partial charge < -0.3 is 15.2 Å². The lowest BCUT2D eigenvalue weighted by Crippen LogP contribution is -2.29. The Hall–Kier alpha value is -3.41. The van der Waals surface area contributed by atoms with Gasteiger partial charge in [0.25, 0.3) is 11.5 Å². The molecule has 1 aromatic heterocycles.